The van der Waals surface area contributed by atoms with Gasteiger partial charge in [-0.15, -0.1) is 11.8 Å². The van der Waals surface area contributed by atoms with Crippen molar-refractivity contribution in [3.05, 3.63) is 94.5 Å². The topological polar surface area (TPSA) is 78.8 Å². The maximum atomic E-state index is 12.4. The fourth-order valence-corrected chi connectivity index (χ4v) is 4.28. The SMILES string of the molecule is CSc1ccc(/C=N/NC(=O)c2ccc(N(Cc3ccc(Cl)cc3)S(C)(=O)=O)cc2)cc1. The van der Waals surface area contributed by atoms with Crippen LogP contribution in [0.15, 0.2) is 82.8 Å². The van der Waals surface area contributed by atoms with Gasteiger partial charge in [-0.2, -0.15) is 5.10 Å². The number of carbonyl (C=O) groups is 1. The highest BCUT2D eigenvalue weighted by molar-refractivity contribution is 7.98. The Kier molecular flexibility index (Phi) is 7.95. The van der Waals surface area contributed by atoms with E-state index < -0.39 is 15.9 Å². The van der Waals surface area contributed by atoms with Gasteiger partial charge in [-0.05, 0) is 65.9 Å². The van der Waals surface area contributed by atoms with Crippen LogP contribution in [-0.2, 0) is 16.6 Å². The molecule has 0 aliphatic carbocycles. The van der Waals surface area contributed by atoms with Gasteiger partial charge in [-0.25, -0.2) is 13.8 Å². The third-order valence-electron chi connectivity index (χ3n) is 4.55. The van der Waals surface area contributed by atoms with Crippen LogP contribution in [0.25, 0.3) is 0 Å². The molecule has 0 heterocycles. The third kappa shape index (κ3) is 6.59. The number of halogens is 1. The lowest BCUT2D eigenvalue weighted by Crippen LogP contribution is -2.29. The number of carbonyl (C=O) groups excluding carboxylic acids is 1. The number of hydrogen-bond acceptors (Lipinski definition) is 5. The van der Waals surface area contributed by atoms with Crippen LogP contribution in [0.1, 0.15) is 21.5 Å². The van der Waals surface area contributed by atoms with E-state index in [9.17, 15) is 13.2 Å². The van der Waals surface area contributed by atoms with Crippen LogP contribution in [-0.4, -0.2) is 33.1 Å². The molecule has 0 atom stereocenters. The number of amides is 1. The maximum Gasteiger partial charge on any atom is 0.271 e. The summed E-state index contributed by atoms with van der Waals surface area (Å²) in [6, 6.07) is 21.1. The van der Waals surface area contributed by atoms with Crippen LogP contribution in [0.5, 0.6) is 0 Å². The molecule has 0 bridgehead atoms. The van der Waals surface area contributed by atoms with Gasteiger partial charge in [0.25, 0.3) is 5.91 Å². The van der Waals surface area contributed by atoms with Gasteiger partial charge in [0.1, 0.15) is 0 Å². The molecule has 3 rings (SSSR count). The largest absolute Gasteiger partial charge is 0.271 e. The van der Waals surface area contributed by atoms with Crippen LogP contribution >= 0.6 is 23.4 Å². The van der Waals surface area contributed by atoms with Crippen molar-refractivity contribution < 1.29 is 13.2 Å². The molecule has 0 aliphatic rings. The minimum Gasteiger partial charge on any atom is -0.267 e. The fourth-order valence-electron chi connectivity index (χ4n) is 2.85. The van der Waals surface area contributed by atoms with E-state index >= 15 is 0 Å². The summed E-state index contributed by atoms with van der Waals surface area (Å²) >= 11 is 7.55. The summed E-state index contributed by atoms with van der Waals surface area (Å²) in [5.74, 6) is -0.392. The predicted octanol–water partition coefficient (Wildman–Crippen LogP) is 4.79. The number of anilines is 1. The lowest BCUT2D eigenvalue weighted by molar-refractivity contribution is 0.0955. The minimum absolute atomic E-state index is 0.154. The summed E-state index contributed by atoms with van der Waals surface area (Å²) in [5.41, 5.74) is 4.96. The molecule has 3 aromatic carbocycles. The maximum absolute atomic E-state index is 12.4. The second-order valence-electron chi connectivity index (χ2n) is 6.92. The van der Waals surface area contributed by atoms with E-state index in [1.165, 1.54) is 4.31 Å². The van der Waals surface area contributed by atoms with E-state index in [0.717, 1.165) is 22.3 Å². The van der Waals surface area contributed by atoms with Crippen molar-refractivity contribution in [3.63, 3.8) is 0 Å². The standard InChI is InChI=1S/C23H22ClN3O3S2/c1-31-22-13-5-17(6-14-22)15-25-26-23(28)19-7-11-21(12-8-19)27(32(2,29)30)16-18-3-9-20(24)10-4-18/h3-15H,16H2,1-2H3,(H,26,28)/b25-15+. The van der Waals surface area contributed by atoms with Gasteiger partial charge < -0.3 is 0 Å². The van der Waals surface area contributed by atoms with Crippen LogP contribution < -0.4 is 9.73 Å². The Bertz CT molecular complexity index is 1190. The average Bonchev–Trinajstić information content (AvgIpc) is 2.78. The van der Waals surface area contributed by atoms with E-state index in [1.54, 1.807) is 66.5 Å². The highest BCUT2D eigenvalue weighted by Crippen LogP contribution is 2.22. The van der Waals surface area contributed by atoms with E-state index in [4.69, 9.17) is 11.6 Å². The van der Waals surface area contributed by atoms with Gasteiger partial charge >= 0.3 is 0 Å². The Labute approximate surface area is 197 Å². The van der Waals surface area contributed by atoms with Gasteiger partial charge in [0.05, 0.1) is 24.7 Å². The first kappa shape index (κ1) is 23.8. The number of benzene rings is 3. The lowest BCUT2D eigenvalue weighted by atomic mass is 10.2. The van der Waals surface area contributed by atoms with Crippen LogP contribution in [0.2, 0.25) is 5.02 Å². The number of sulfonamides is 1. The summed E-state index contributed by atoms with van der Waals surface area (Å²) in [6.45, 7) is 0.154. The molecule has 166 valence electrons. The van der Waals surface area contributed by atoms with Gasteiger partial charge in [0.15, 0.2) is 0 Å². The zero-order valence-corrected chi connectivity index (χ0v) is 19.9. The molecule has 0 saturated heterocycles. The second kappa shape index (κ2) is 10.7. The highest BCUT2D eigenvalue weighted by Gasteiger charge is 2.18. The molecule has 0 spiro atoms. The smallest absolute Gasteiger partial charge is 0.267 e. The number of nitrogens with one attached hydrogen (secondary N) is 1. The number of hydrogen-bond donors (Lipinski definition) is 1. The zero-order valence-electron chi connectivity index (χ0n) is 17.5. The van der Waals surface area contributed by atoms with Crippen LogP contribution in [0.3, 0.4) is 0 Å². The Hall–Kier alpha value is -2.81. The third-order valence-corrected chi connectivity index (χ3v) is 6.69. The van der Waals surface area contributed by atoms with E-state index in [2.05, 4.69) is 10.5 Å². The second-order valence-corrected chi connectivity index (χ2v) is 10.1. The first-order chi connectivity index (χ1) is 15.3. The first-order valence-electron chi connectivity index (χ1n) is 9.56. The molecule has 32 heavy (non-hydrogen) atoms. The predicted molar refractivity (Wildman–Crippen MR) is 132 cm³/mol. The molecular formula is C23H22ClN3O3S2. The molecule has 3 aromatic rings. The molecule has 0 aliphatic heterocycles. The van der Waals surface area contributed by atoms with E-state index in [0.29, 0.717) is 16.3 Å². The lowest BCUT2D eigenvalue weighted by Gasteiger charge is -2.22. The van der Waals surface area contributed by atoms with Gasteiger partial charge in [0.2, 0.25) is 10.0 Å². The Morgan fingerprint density at radius 1 is 1.03 bits per heavy atom. The van der Waals surface area contributed by atoms with Crippen LogP contribution in [0.4, 0.5) is 5.69 Å². The van der Waals surface area contributed by atoms with Crippen molar-refractivity contribution in [2.24, 2.45) is 5.10 Å². The Morgan fingerprint density at radius 2 is 1.66 bits per heavy atom. The average molecular weight is 488 g/mol. The summed E-state index contributed by atoms with van der Waals surface area (Å²) in [6.07, 6.45) is 4.71. The minimum atomic E-state index is -3.53. The van der Waals surface area contributed by atoms with Gasteiger partial charge in [-0.3, -0.25) is 9.10 Å². The van der Waals surface area contributed by atoms with Crippen molar-refractivity contribution in [2.75, 3.05) is 16.8 Å². The normalized spacial score (nSPS) is 11.5. The van der Waals surface area contributed by atoms with Crippen molar-refractivity contribution in [2.45, 2.75) is 11.4 Å². The molecule has 1 amide bonds. The van der Waals surface area contributed by atoms with Gasteiger partial charge in [-0.1, -0.05) is 35.9 Å². The van der Waals surface area contributed by atoms with Gasteiger partial charge in [0, 0.05) is 15.5 Å². The number of hydrazone groups is 1. The number of nitrogens with zero attached hydrogens (tertiary/aromatic N) is 2. The number of rotatable bonds is 8. The summed E-state index contributed by atoms with van der Waals surface area (Å²) in [4.78, 5) is 13.5. The molecular weight excluding hydrogens is 466 g/mol. The van der Waals surface area contributed by atoms with Crippen molar-refractivity contribution >= 4 is 51.2 Å². The number of thioether (sulfide) groups is 1. The van der Waals surface area contributed by atoms with Crippen LogP contribution in [0, 0.1) is 0 Å². The molecule has 0 radical (unpaired) electrons. The monoisotopic (exact) mass is 487 g/mol. The first-order valence-corrected chi connectivity index (χ1v) is 13.0. The molecule has 0 fully saturated rings. The quantitative estimate of drug-likeness (QED) is 0.281. The highest BCUT2D eigenvalue weighted by atomic mass is 35.5. The van der Waals surface area contributed by atoms with E-state index in [1.807, 2.05) is 30.5 Å². The zero-order chi connectivity index (χ0) is 23.1. The van der Waals surface area contributed by atoms with E-state index in [-0.39, 0.29) is 6.54 Å². The van der Waals surface area contributed by atoms with Crippen molar-refractivity contribution in [3.8, 4) is 0 Å². The molecule has 9 heteroatoms. The molecule has 1 N–H and O–H groups in total. The van der Waals surface area contributed by atoms with Crippen molar-refractivity contribution in [1.29, 1.82) is 0 Å². The molecule has 0 unspecified atom stereocenters. The molecule has 0 aromatic heterocycles. The fraction of sp³-hybridized carbons (Fsp3) is 0.130. The molecule has 6 nitrogen and oxygen atoms in total. The Morgan fingerprint density at radius 3 is 2.22 bits per heavy atom. The van der Waals surface area contributed by atoms with Crippen molar-refractivity contribution in [1.82, 2.24) is 5.43 Å². The Balaban J connectivity index is 1.69. The summed E-state index contributed by atoms with van der Waals surface area (Å²) in [5, 5.41) is 4.56. The summed E-state index contributed by atoms with van der Waals surface area (Å²) in [7, 11) is -3.53. The summed E-state index contributed by atoms with van der Waals surface area (Å²) < 4.78 is 25.9. The molecule has 0 saturated carbocycles.